The van der Waals surface area contributed by atoms with Crippen LogP contribution in [-0.2, 0) is 13.1 Å². The number of hydrogen-bond donors (Lipinski definition) is 0. The van der Waals surface area contributed by atoms with Crippen LogP contribution in [0.5, 0.6) is 0 Å². The van der Waals surface area contributed by atoms with Crippen molar-refractivity contribution >= 4 is 0 Å². The predicted octanol–water partition coefficient (Wildman–Crippen LogP) is 3.16. The fourth-order valence-corrected chi connectivity index (χ4v) is 3.39. The van der Waals surface area contributed by atoms with E-state index in [9.17, 15) is 0 Å². The first-order valence-electron chi connectivity index (χ1n) is 8.21. The second-order valence-corrected chi connectivity index (χ2v) is 6.08. The average Bonchev–Trinajstić information content (AvgIpc) is 3.20. The number of hydrogen-bond acceptors (Lipinski definition) is 4. The predicted molar refractivity (Wildman–Crippen MR) is 87.3 cm³/mol. The SMILES string of the molecule is CCN1CCC[C@H]1CN(Cc1ccncc1)Cc1ccoc1. The summed E-state index contributed by atoms with van der Waals surface area (Å²) in [4.78, 5) is 9.25. The molecule has 2 aromatic heterocycles. The van der Waals surface area contributed by atoms with E-state index in [4.69, 9.17) is 4.42 Å². The van der Waals surface area contributed by atoms with Crippen LogP contribution in [-0.4, -0.2) is 40.5 Å². The van der Waals surface area contributed by atoms with E-state index in [1.54, 1.807) is 6.26 Å². The molecule has 0 aromatic carbocycles. The van der Waals surface area contributed by atoms with Crippen molar-refractivity contribution in [3.63, 3.8) is 0 Å². The molecule has 118 valence electrons. The molecule has 0 saturated carbocycles. The Kier molecular flexibility index (Phi) is 5.24. The molecular weight excluding hydrogens is 274 g/mol. The van der Waals surface area contributed by atoms with Crippen LogP contribution in [0.1, 0.15) is 30.9 Å². The molecule has 1 fully saturated rings. The van der Waals surface area contributed by atoms with Gasteiger partial charge in [0.05, 0.1) is 12.5 Å². The van der Waals surface area contributed by atoms with Crippen molar-refractivity contribution in [1.29, 1.82) is 0 Å². The van der Waals surface area contributed by atoms with Crippen molar-refractivity contribution in [2.45, 2.75) is 38.9 Å². The fraction of sp³-hybridized carbons (Fsp3) is 0.500. The third kappa shape index (κ3) is 3.96. The van der Waals surface area contributed by atoms with Crippen molar-refractivity contribution in [3.8, 4) is 0 Å². The summed E-state index contributed by atoms with van der Waals surface area (Å²) in [6.45, 7) is 7.67. The zero-order valence-corrected chi connectivity index (χ0v) is 13.3. The molecule has 3 heterocycles. The van der Waals surface area contributed by atoms with Gasteiger partial charge >= 0.3 is 0 Å². The summed E-state index contributed by atoms with van der Waals surface area (Å²) < 4.78 is 5.23. The Morgan fingerprint density at radius 2 is 2.05 bits per heavy atom. The summed E-state index contributed by atoms with van der Waals surface area (Å²) in [5, 5.41) is 0. The lowest BCUT2D eigenvalue weighted by atomic mass is 10.1. The van der Waals surface area contributed by atoms with E-state index in [1.807, 2.05) is 18.7 Å². The van der Waals surface area contributed by atoms with Crippen molar-refractivity contribution in [2.75, 3.05) is 19.6 Å². The van der Waals surface area contributed by atoms with Gasteiger partial charge in [0.1, 0.15) is 0 Å². The van der Waals surface area contributed by atoms with Crippen molar-refractivity contribution in [1.82, 2.24) is 14.8 Å². The zero-order chi connectivity index (χ0) is 15.2. The Hall–Kier alpha value is -1.65. The lowest BCUT2D eigenvalue weighted by molar-refractivity contribution is 0.166. The average molecular weight is 299 g/mol. The van der Waals surface area contributed by atoms with E-state index >= 15 is 0 Å². The Morgan fingerprint density at radius 1 is 1.23 bits per heavy atom. The van der Waals surface area contributed by atoms with Crippen LogP contribution in [0.25, 0.3) is 0 Å². The molecule has 0 spiro atoms. The highest BCUT2D eigenvalue weighted by Gasteiger charge is 2.25. The third-order valence-corrected chi connectivity index (χ3v) is 4.52. The molecule has 0 aliphatic carbocycles. The number of likely N-dealkylation sites (N-methyl/N-ethyl adjacent to an activating group) is 1. The topological polar surface area (TPSA) is 32.5 Å². The third-order valence-electron chi connectivity index (χ3n) is 4.52. The number of likely N-dealkylation sites (tertiary alicyclic amines) is 1. The van der Waals surface area contributed by atoms with Gasteiger partial charge in [0, 0.05) is 43.6 Å². The molecule has 1 aliphatic heterocycles. The van der Waals surface area contributed by atoms with Gasteiger partial charge in [0.15, 0.2) is 0 Å². The Labute approximate surface area is 132 Å². The molecule has 1 atom stereocenters. The molecule has 0 N–H and O–H groups in total. The lowest BCUT2D eigenvalue weighted by Crippen LogP contribution is -2.39. The molecule has 0 radical (unpaired) electrons. The molecule has 0 amide bonds. The highest BCUT2D eigenvalue weighted by Crippen LogP contribution is 2.20. The molecule has 22 heavy (non-hydrogen) atoms. The van der Waals surface area contributed by atoms with Crippen LogP contribution in [0.15, 0.2) is 47.5 Å². The van der Waals surface area contributed by atoms with Gasteiger partial charge in [0.2, 0.25) is 0 Å². The molecule has 3 rings (SSSR count). The maximum Gasteiger partial charge on any atom is 0.0947 e. The summed E-state index contributed by atoms with van der Waals surface area (Å²) in [5.41, 5.74) is 2.56. The van der Waals surface area contributed by atoms with E-state index in [0.717, 1.165) is 26.2 Å². The maximum absolute atomic E-state index is 5.23. The second kappa shape index (κ2) is 7.56. The molecule has 4 nitrogen and oxygen atoms in total. The van der Waals surface area contributed by atoms with Crippen molar-refractivity contribution in [2.24, 2.45) is 0 Å². The van der Waals surface area contributed by atoms with Gasteiger partial charge in [-0.25, -0.2) is 0 Å². The second-order valence-electron chi connectivity index (χ2n) is 6.08. The lowest BCUT2D eigenvalue weighted by Gasteiger charge is -2.30. The molecule has 4 heteroatoms. The Balaban J connectivity index is 1.68. The molecule has 2 aromatic rings. The van der Waals surface area contributed by atoms with E-state index in [-0.39, 0.29) is 0 Å². The summed E-state index contributed by atoms with van der Waals surface area (Å²) >= 11 is 0. The number of aromatic nitrogens is 1. The highest BCUT2D eigenvalue weighted by atomic mass is 16.3. The van der Waals surface area contributed by atoms with Crippen LogP contribution < -0.4 is 0 Å². The molecule has 0 unspecified atom stereocenters. The standard InChI is InChI=1S/C18H25N3O/c1-2-21-10-3-4-18(21)14-20(13-17-7-11-22-15-17)12-16-5-8-19-9-6-16/h5-9,11,15,18H,2-4,10,12-14H2,1H3/t18-/m0/s1. The van der Waals surface area contributed by atoms with Gasteiger partial charge in [-0.1, -0.05) is 6.92 Å². The normalized spacial score (nSPS) is 19.1. The molecular formula is C18H25N3O. The van der Waals surface area contributed by atoms with Crippen LogP contribution in [0.2, 0.25) is 0 Å². The van der Waals surface area contributed by atoms with Crippen LogP contribution in [0, 0.1) is 0 Å². The summed E-state index contributed by atoms with van der Waals surface area (Å²) in [6, 6.07) is 6.95. The minimum absolute atomic E-state index is 0.679. The van der Waals surface area contributed by atoms with E-state index in [1.165, 1.54) is 30.5 Å². The van der Waals surface area contributed by atoms with Gasteiger partial charge in [-0.3, -0.25) is 14.8 Å². The van der Waals surface area contributed by atoms with Gasteiger partial charge in [-0.15, -0.1) is 0 Å². The number of nitrogens with zero attached hydrogens (tertiary/aromatic N) is 3. The zero-order valence-electron chi connectivity index (χ0n) is 13.3. The minimum atomic E-state index is 0.679. The van der Waals surface area contributed by atoms with E-state index < -0.39 is 0 Å². The van der Waals surface area contributed by atoms with Gasteiger partial charge < -0.3 is 4.42 Å². The van der Waals surface area contributed by atoms with E-state index in [0.29, 0.717) is 6.04 Å². The smallest absolute Gasteiger partial charge is 0.0947 e. The van der Waals surface area contributed by atoms with Crippen molar-refractivity contribution < 1.29 is 4.42 Å². The van der Waals surface area contributed by atoms with Gasteiger partial charge in [0.25, 0.3) is 0 Å². The van der Waals surface area contributed by atoms with Crippen LogP contribution in [0.4, 0.5) is 0 Å². The van der Waals surface area contributed by atoms with E-state index in [2.05, 4.69) is 39.9 Å². The monoisotopic (exact) mass is 299 g/mol. The molecule has 0 bridgehead atoms. The van der Waals surface area contributed by atoms with Crippen LogP contribution >= 0.6 is 0 Å². The summed E-state index contributed by atoms with van der Waals surface area (Å²) in [6.07, 6.45) is 10.00. The quantitative estimate of drug-likeness (QED) is 0.786. The number of pyridine rings is 1. The first kappa shape index (κ1) is 15.3. The first-order chi connectivity index (χ1) is 10.8. The number of rotatable bonds is 7. The first-order valence-corrected chi connectivity index (χ1v) is 8.21. The van der Waals surface area contributed by atoms with Gasteiger partial charge in [-0.2, -0.15) is 0 Å². The highest BCUT2D eigenvalue weighted by molar-refractivity contribution is 5.11. The van der Waals surface area contributed by atoms with Crippen LogP contribution in [0.3, 0.4) is 0 Å². The summed E-state index contributed by atoms with van der Waals surface area (Å²) in [7, 11) is 0. The Morgan fingerprint density at radius 3 is 2.77 bits per heavy atom. The Bertz CT molecular complexity index is 541. The largest absolute Gasteiger partial charge is 0.472 e. The maximum atomic E-state index is 5.23. The van der Waals surface area contributed by atoms with Gasteiger partial charge in [-0.05, 0) is 49.7 Å². The summed E-state index contributed by atoms with van der Waals surface area (Å²) in [5.74, 6) is 0. The number of furan rings is 1. The molecule has 1 aliphatic rings. The molecule has 1 saturated heterocycles. The minimum Gasteiger partial charge on any atom is -0.472 e. The fourth-order valence-electron chi connectivity index (χ4n) is 3.39. The van der Waals surface area contributed by atoms with Crippen molar-refractivity contribution in [3.05, 3.63) is 54.2 Å².